The molecule has 0 aromatic rings. The van der Waals surface area contributed by atoms with Gasteiger partial charge in [-0.25, -0.2) is 0 Å². The zero-order chi connectivity index (χ0) is 17.8. The molecule has 27 heavy (non-hydrogen) atoms. The van der Waals surface area contributed by atoms with Crippen LogP contribution in [0.15, 0.2) is 0 Å². The summed E-state index contributed by atoms with van der Waals surface area (Å²) in [5, 5.41) is 3.49. The van der Waals surface area contributed by atoms with Crippen molar-refractivity contribution >= 4 is 30.7 Å². The fraction of sp³-hybridized carbons (Fsp3) is 0.950. The van der Waals surface area contributed by atoms with Crippen molar-refractivity contribution in [1.29, 1.82) is 0 Å². The minimum Gasteiger partial charge on any atom is -0.373 e. The molecule has 5 atom stereocenters. The summed E-state index contributed by atoms with van der Waals surface area (Å²) in [5.74, 6) is 1.54. The lowest BCUT2D eigenvalue weighted by Crippen LogP contribution is -2.51. The molecule has 7 heteroatoms. The van der Waals surface area contributed by atoms with Crippen molar-refractivity contribution < 1.29 is 9.53 Å². The summed E-state index contributed by atoms with van der Waals surface area (Å²) in [6.45, 7) is 12.8. The van der Waals surface area contributed by atoms with Gasteiger partial charge in [0.1, 0.15) is 0 Å². The van der Waals surface area contributed by atoms with E-state index in [4.69, 9.17) is 4.74 Å². The first kappa shape index (κ1) is 25.0. The molecule has 0 radical (unpaired) electrons. The molecule has 0 saturated carbocycles. The van der Waals surface area contributed by atoms with E-state index >= 15 is 0 Å². The highest BCUT2D eigenvalue weighted by Crippen LogP contribution is 2.26. The molecule has 0 spiro atoms. The van der Waals surface area contributed by atoms with Gasteiger partial charge in [-0.3, -0.25) is 9.69 Å². The van der Waals surface area contributed by atoms with Crippen LogP contribution in [0, 0.1) is 11.8 Å². The molecule has 3 aliphatic heterocycles. The van der Waals surface area contributed by atoms with Gasteiger partial charge < -0.3 is 15.0 Å². The van der Waals surface area contributed by atoms with Crippen LogP contribution in [0.2, 0.25) is 0 Å². The summed E-state index contributed by atoms with van der Waals surface area (Å²) in [5.41, 5.74) is 0. The van der Waals surface area contributed by atoms with Crippen molar-refractivity contribution in [2.24, 2.45) is 11.8 Å². The average Bonchev–Trinajstić information content (AvgIpc) is 3.03. The standard InChI is InChI=1S/C20H37N3O2.2ClH/c1-15(18-6-4-8-21-11-18)10-20(24)23-9-5-7-19(23)14-22-12-16(2)25-17(3)13-22;;/h15-19,21H,4-14H2,1-3H3;2*1H. The highest BCUT2D eigenvalue weighted by Gasteiger charge is 2.33. The summed E-state index contributed by atoms with van der Waals surface area (Å²) in [6, 6.07) is 0.404. The fourth-order valence-corrected chi connectivity index (χ4v) is 5.01. The summed E-state index contributed by atoms with van der Waals surface area (Å²) < 4.78 is 5.85. The molecule has 3 rings (SSSR count). The smallest absolute Gasteiger partial charge is 0.223 e. The first-order chi connectivity index (χ1) is 12.0. The Hall–Kier alpha value is -0.0700. The van der Waals surface area contributed by atoms with Crippen LogP contribution in [0.25, 0.3) is 0 Å². The van der Waals surface area contributed by atoms with Gasteiger partial charge in [0.15, 0.2) is 0 Å². The molecule has 0 aromatic heterocycles. The number of carbonyl (C=O) groups excluding carboxylic acids is 1. The number of carbonyl (C=O) groups is 1. The molecule has 3 heterocycles. The van der Waals surface area contributed by atoms with Crippen molar-refractivity contribution in [2.75, 3.05) is 39.3 Å². The van der Waals surface area contributed by atoms with Gasteiger partial charge in [-0.05, 0) is 64.5 Å². The second-order valence-electron chi connectivity index (χ2n) is 8.65. The van der Waals surface area contributed by atoms with Crippen molar-refractivity contribution in [1.82, 2.24) is 15.1 Å². The normalized spacial score (nSPS) is 33.1. The Morgan fingerprint density at radius 3 is 2.48 bits per heavy atom. The number of ether oxygens (including phenoxy) is 1. The zero-order valence-corrected chi connectivity index (χ0v) is 18.8. The number of nitrogens with one attached hydrogen (secondary N) is 1. The van der Waals surface area contributed by atoms with E-state index in [2.05, 4.69) is 35.9 Å². The average molecular weight is 424 g/mol. The molecular weight excluding hydrogens is 385 g/mol. The number of hydrogen-bond acceptors (Lipinski definition) is 4. The van der Waals surface area contributed by atoms with Crippen LogP contribution in [0.3, 0.4) is 0 Å². The lowest BCUT2D eigenvalue weighted by Gasteiger charge is -2.38. The first-order valence-corrected chi connectivity index (χ1v) is 10.4. The number of likely N-dealkylation sites (tertiary alicyclic amines) is 1. The first-order valence-electron chi connectivity index (χ1n) is 10.4. The quantitative estimate of drug-likeness (QED) is 0.737. The highest BCUT2D eigenvalue weighted by atomic mass is 35.5. The third-order valence-electron chi connectivity index (χ3n) is 6.30. The van der Waals surface area contributed by atoms with E-state index < -0.39 is 0 Å². The minimum atomic E-state index is 0. The third kappa shape index (κ3) is 7.04. The van der Waals surface area contributed by atoms with E-state index in [1.54, 1.807) is 0 Å². The minimum absolute atomic E-state index is 0. The van der Waals surface area contributed by atoms with Gasteiger partial charge >= 0.3 is 0 Å². The number of piperidine rings is 1. The summed E-state index contributed by atoms with van der Waals surface area (Å²) in [6.07, 6.45) is 6.16. The molecular formula is C20H39Cl2N3O2. The number of amides is 1. The largest absolute Gasteiger partial charge is 0.373 e. The van der Waals surface area contributed by atoms with E-state index in [1.165, 1.54) is 12.8 Å². The van der Waals surface area contributed by atoms with Crippen LogP contribution in [0.1, 0.15) is 52.9 Å². The topological polar surface area (TPSA) is 44.8 Å². The Bertz CT molecular complexity index is 439. The number of halogens is 2. The van der Waals surface area contributed by atoms with E-state index in [9.17, 15) is 4.79 Å². The zero-order valence-electron chi connectivity index (χ0n) is 17.2. The summed E-state index contributed by atoms with van der Waals surface area (Å²) in [7, 11) is 0. The number of hydrogen-bond donors (Lipinski definition) is 1. The maximum Gasteiger partial charge on any atom is 0.223 e. The van der Waals surface area contributed by atoms with Gasteiger partial charge in [0.25, 0.3) is 0 Å². The monoisotopic (exact) mass is 423 g/mol. The van der Waals surface area contributed by atoms with Crippen LogP contribution >= 0.6 is 24.8 Å². The number of rotatable bonds is 5. The van der Waals surface area contributed by atoms with Gasteiger partial charge in [0.2, 0.25) is 5.91 Å². The number of nitrogens with zero attached hydrogens (tertiary/aromatic N) is 2. The molecule has 0 aromatic carbocycles. The Kier molecular flexibility index (Phi) is 10.9. The van der Waals surface area contributed by atoms with Crippen LogP contribution < -0.4 is 5.32 Å². The molecule has 1 amide bonds. The second-order valence-corrected chi connectivity index (χ2v) is 8.65. The van der Waals surface area contributed by atoms with E-state index in [0.29, 0.717) is 36.0 Å². The Balaban J connectivity index is 0.00000182. The molecule has 3 saturated heterocycles. The van der Waals surface area contributed by atoms with Gasteiger partial charge in [-0.1, -0.05) is 6.92 Å². The van der Waals surface area contributed by atoms with Crippen LogP contribution in [-0.2, 0) is 9.53 Å². The summed E-state index contributed by atoms with van der Waals surface area (Å²) in [4.78, 5) is 17.6. The molecule has 1 N–H and O–H groups in total. The summed E-state index contributed by atoms with van der Waals surface area (Å²) >= 11 is 0. The highest BCUT2D eigenvalue weighted by molar-refractivity contribution is 5.85. The van der Waals surface area contributed by atoms with Crippen LogP contribution in [0.5, 0.6) is 0 Å². The van der Waals surface area contributed by atoms with Crippen molar-refractivity contribution in [3.8, 4) is 0 Å². The third-order valence-corrected chi connectivity index (χ3v) is 6.30. The molecule has 3 aliphatic rings. The molecule has 0 aliphatic carbocycles. The SMILES string of the molecule is CC1CN(CC2CCCN2C(=O)CC(C)C2CCCNC2)CC(C)O1.Cl.Cl. The molecule has 160 valence electrons. The molecule has 3 fully saturated rings. The predicted octanol–water partition coefficient (Wildman–Crippen LogP) is 2.96. The Labute approximate surface area is 177 Å². The second kappa shape index (κ2) is 11.8. The van der Waals surface area contributed by atoms with E-state index in [-0.39, 0.29) is 24.8 Å². The maximum absolute atomic E-state index is 12.9. The molecule has 5 nitrogen and oxygen atoms in total. The van der Waals surface area contributed by atoms with Gasteiger partial charge in [0.05, 0.1) is 12.2 Å². The van der Waals surface area contributed by atoms with Crippen molar-refractivity contribution in [3.63, 3.8) is 0 Å². The molecule has 5 unspecified atom stereocenters. The lowest BCUT2D eigenvalue weighted by atomic mass is 9.85. The number of morpholine rings is 1. The van der Waals surface area contributed by atoms with E-state index in [1.807, 2.05) is 0 Å². The maximum atomic E-state index is 12.9. The fourth-order valence-electron chi connectivity index (χ4n) is 5.01. The Morgan fingerprint density at radius 1 is 1.15 bits per heavy atom. The van der Waals surface area contributed by atoms with Gasteiger partial charge in [-0.15, -0.1) is 24.8 Å². The predicted molar refractivity (Wildman–Crippen MR) is 115 cm³/mol. The van der Waals surface area contributed by atoms with Crippen molar-refractivity contribution in [2.45, 2.75) is 71.1 Å². The van der Waals surface area contributed by atoms with E-state index in [0.717, 1.165) is 58.5 Å². The Morgan fingerprint density at radius 2 is 1.85 bits per heavy atom. The lowest BCUT2D eigenvalue weighted by molar-refractivity contribution is -0.134. The molecule has 0 bridgehead atoms. The van der Waals surface area contributed by atoms with Crippen molar-refractivity contribution in [3.05, 3.63) is 0 Å². The van der Waals surface area contributed by atoms with Crippen LogP contribution in [0.4, 0.5) is 0 Å². The van der Waals surface area contributed by atoms with Crippen LogP contribution in [-0.4, -0.2) is 73.2 Å². The van der Waals surface area contributed by atoms with Gasteiger partial charge in [-0.2, -0.15) is 0 Å². The van der Waals surface area contributed by atoms with Gasteiger partial charge in [0, 0.05) is 38.6 Å².